The average Bonchev–Trinajstić information content (AvgIpc) is 3.29. The summed E-state index contributed by atoms with van der Waals surface area (Å²) in [6, 6.07) is 8.15. The highest BCUT2D eigenvalue weighted by Gasteiger charge is 2.15. The normalized spacial score (nSPS) is 17.1. The zero-order valence-electron chi connectivity index (χ0n) is 16.1. The van der Waals surface area contributed by atoms with Gasteiger partial charge in [-0.1, -0.05) is 12.1 Å². The number of aryl methyl sites for hydroxylation is 1. The summed E-state index contributed by atoms with van der Waals surface area (Å²) in [6.45, 7) is 4.73. The minimum Gasteiger partial charge on any atom is -0.381 e. The summed E-state index contributed by atoms with van der Waals surface area (Å²) < 4.78 is 13.2. The SMILES string of the molecule is CN=C(NCCCOCC1CCOC1)NCc1nc2ccccc2n1C.I. The molecule has 3 rings (SSSR count). The lowest BCUT2D eigenvalue weighted by atomic mass is 10.1. The van der Waals surface area contributed by atoms with E-state index in [0.717, 1.165) is 68.6 Å². The Hall–Kier alpha value is -1.39. The summed E-state index contributed by atoms with van der Waals surface area (Å²) in [7, 11) is 3.82. The first-order chi connectivity index (χ1) is 12.8. The van der Waals surface area contributed by atoms with Crippen LogP contribution < -0.4 is 10.6 Å². The molecule has 1 aliphatic rings. The van der Waals surface area contributed by atoms with Gasteiger partial charge in [-0.2, -0.15) is 0 Å². The third-order valence-electron chi connectivity index (χ3n) is 4.65. The van der Waals surface area contributed by atoms with Gasteiger partial charge in [0.25, 0.3) is 0 Å². The van der Waals surface area contributed by atoms with Gasteiger partial charge in [-0.15, -0.1) is 24.0 Å². The number of fused-ring (bicyclic) bond motifs is 1. The first-order valence-electron chi connectivity index (χ1n) is 9.28. The Morgan fingerprint density at radius 2 is 2.22 bits per heavy atom. The fraction of sp³-hybridized carbons (Fsp3) is 0.579. The van der Waals surface area contributed by atoms with E-state index in [1.54, 1.807) is 7.05 Å². The number of imidazole rings is 1. The van der Waals surface area contributed by atoms with E-state index in [2.05, 4.69) is 31.2 Å². The van der Waals surface area contributed by atoms with E-state index in [4.69, 9.17) is 9.47 Å². The molecule has 1 unspecified atom stereocenters. The van der Waals surface area contributed by atoms with Gasteiger partial charge in [0.2, 0.25) is 0 Å². The van der Waals surface area contributed by atoms with Gasteiger partial charge < -0.3 is 24.7 Å². The van der Waals surface area contributed by atoms with Crippen molar-refractivity contribution < 1.29 is 9.47 Å². The lowest BCUT2D eigenvalue weighted by Crippen LogP contribution is -2.38. The minimum absolute atomic E-state index is 0. The van der Waals surface area contributed by atoms with E-state index in [0.29, 0.717) is 12.5 Å². The van der Waals surface area contributed by atoms with Crippen molar-refractivity contribution in [2.24, 2.45) is 18.0 Å². The molecule has 1 aromatic carbocycles. The van der Waals surface area contributed by atoms with Crippen LogP contribution in [0.3, 0.4) is 0 Å². The number of aliphatic imine (C=N–C) groups is 1. The van der Waals surface area contributed by atoms with Crippen LogP contribution in [0.15, 0.2) is 29.3 Å². The smallest absolute Gasteiger partial charge is 0.191 e. The summed E-state index contributed by atoms with van der Waals surface area (Å²) in [5.74, 6) is 2.34. The van der Waals surface area contributed by atoms with Crippen LogP contribution in [0.2, 0.25) is 0 Å². The molecule has 1 atom stereocenters. The third kappa shape index (κ3) is 6.32. The first-order valence-corrected chi connectivity index (χ1v) is 9.28. The number of ether oxygens (including phenoxy) is 2. The molecule has 1 saturated heterocycles. The molecule has 0 spiro atoms. The highest BCUT2D eigenvalue weighted by atomic mass is 127. The molecule has 0 amide bonds. The van der Waals surface area contributed by atoms with Gasteiger partial charge in [0.15, 0.2) is 5.96 Å². The van der Waals surface area contributed by atoms with Crippen LogP contribution in [-0.2, 0) is 23.1 Å². The molecule has 27 heavy (non-hydrogen) atoms. The minimum atomic E-state index is 0. The molecular weight excluding hydrogens is 457 g/mol. The fourth-order valence-corrected chi connectivity index (χ4v) is 3.08. The summed E-state index contributed by atoms with van der Waals surface area (Å²) >= 11 is 0. The molecule has 2 heterocycles. The van der Waals surface area contributed by atoms with Crippen LogP contribution in [0.4, 0.5) is 0 Å². The number of guanidine groups is 1. The Morgan fingerprint density at radius 3 is 2.96 bits per heavy atom. The second kappa shape index (κ2) is 11.5. The molecule has 2 aromatic rings. The summed E-state index contributed by atoms with van der Waals surface area (Å²) in [5, 5.41) is 6.64. The van der Waals surface area contributed by atoms with Crippen molar-refractivity contribution in [1.82, 2.24) is 20.2 Å². The molecule has 0 radical (unpaired) electrons. The monoisotopic (exact) mass is 487 g/mol. The van der Waals surface area contributed by atoms with Crippen molar-refractivity contribution in [2.45, 2.75) is 19.4 Å². The number of aromatic nitrogens is 2. The Morgan fingerprint density at radius 1 is 1.37 bits per heavy atom. The van der Waals surface area contributed by atoms with Crippen LogP contribution in [0.25, 0.3) is 11.0 Å². The highest BCUT2D eigenvalue weighted by Crippen LogP contribution is 2.14. The Balaban J connectivity index is 0.00000261. The van der Waals surface area contributed by atoms with Crippen LogP contribution in [-0.4, -0.2) is 55.5 Å². The fourth-order valence-electron chi connectivity index (χ4n) is 3.08. The number of benzene rings is 1. The molecule has 0 saturated carbocycles. The van der Waals surface area contributed by atoms with Gasteiger partial charge in [0.1, 0.15) is 5.82 Å². The van der Waals surface area contributed by atoms with Crippen LogP contribution >= 0.6 is 24.0 Å². The molecule has 1 aromatic heterocycles. The number of rotatable bonds is 8. The van der Waals surface area contributed by atoms with Crippen molar-refractivity contribution >= 4 is 41.0 Å². The maximum atomic E-state index is 5.72. The molecular formula is C19H30IN5O2. The molecule has 0 bridgehead atoms. The molecule has 1 aliphatic heterocycles. The predicted molar refractivity (Wildman–Crippen MR) is 119 cm³/mol. The van der Waals surface area contributed by atoms with E-state index >= 15 is 0 Å². The average molecular weight is 487 g/mol. The molecule has 7 nitrogen and oxygen atoms in total. The van der Waals surface area contributed by atoms with E-state index in [-0.39, 0.29) is 24.0 Å². The molecule has 1 fully saturated rings. The summed E-state index contributed by atoms with van der Waals surface area (Å²) in [4.78, 5) is 8.93. The van der Waals surface area contributed by atoms with Gasteiger partial charge in [-0.3, -0.25) is 4.99 Å². The number of hydrogen-bond acceptors (Lipinski definition) is 4. The highest BCUT2D eigenvalue weighted by molar-refractivity contribution is 14.0. The molecule has 8 heteroatoms. The van der Waals surface area contributed by atoms with Crippen LogP contribution in [0.5, 0.6) is 0 Å². The van der Waals surface area contributed by atoms with E-state index < -0.39 is 0 Å². The quantitative estimate of drug-likeness (QED) is 0.259. The van der Waals surface area contributed by atoms with Gasteiger partial charge in [0.05, 0.1) is 30.8 Å². The predicted octanol–water partition coefficient (Wildman–Crippen LogP) is 2.30. The maximum absolute atomic E-state index is 5.72. The Bertz CT molecular complexity index is 728. The van der Waals surface area contributed by atoms with Crippen LogP contribution in [0, 0.1) is 5.92 Å². The van der Waals surface area contributed by atoms with Gasteiger partial charge in [0, 0.05) is 39.8 Å². The third-order valence-corrected chi connectivity index (χ3v) is 4.65. The first kappa shape index (κ1) is 21.9. The number of hydrogen-bond donors (Lipinski definition) is 2. The standard InChI is InChI=1S/C19H29N5O2.HI/c1-20-19(21-9-5-10-25-13-15-8-11-26-14-15)22-12-18-23-16-6-3-4-7-17(16)24(18)2;/h3-4,6-7,15H,5,8-14H2,1-2H3,(H2,20,21,22);1H. The number of nitrogens with zero attached hydrogens (tertiary/aromatic N) is 3. The van der Waals surface area contributed by atoms with Crippen molar-refractivity contribution in [2.75, 3.05) is 40.0 Å². The zero-order chi connectivity index (χ0) is 18.2. The zero-order valence-corrected chi connectivity index (χ0v) is 18.4. The van der Waals surface area contributed by atoms with E-state index in [9.17, 15) is 0 Å². The van der Waals surface area contributed by atoms with Gasteiger partial charge in [-0.25, -0.2) is 4.98 Å². The largest absolute Gasteiger partial charge is 0.381 e. The van der Waals surface area contributed by atoms with Crippen LogP contribution in [0.1, 0.15) is 18.7 Å². The number of para-hydroxylation sites is 2. The summed E-state index contributed by atoms with van der Waals surface area (Å²) in [5.41, 5.74) is 2.15. The van der Waals surface area contributed by atoms with Gasteiger partial charge in [-0.05, 0) is 25.0 Å². The molecule has 150 valence electrons. The summed E-state index contributed by atoms with van der Waals surface area (Å²) in [6.07, 6.45) is 2.07. The van der Waals surface area contributed by atoms with E-state index in [1.165, 1.54) is 0 Å². The van der Waals surface area contributed by atoms with Crippen molar-refractivity contribution in [3.05, 3.63) is 30.1 Å². The maximum Gasteiger partial charge on any atom is 0.191 e. The lowest BCUT2D eigenvalue weighted by molar-refractivity contribution is 0.0888. The topological polar surface area (TPSA) is 72.7 Å². The number of nitrogens with one attached hydrogen (secondary N) is 2. The van der Waals surface area contributed by atoms with E-state index in [1.807, 2.05) is 25.2 Å². The Labute approximate surface area is 177 Å². The van der Waals surface area contributed by atoms with Crippen molar-refractivity contribution in [3.8, 4) is 0 Å². The number of halogens is 1. The van der Waals surface area contributed by atoms with Crippen molar-refractivity contribution in [1.29, 1.82) is 0 Å². The Kier molecular flexibility index (Phi) is 9.29. The van der Waals surface area contributed by atoms with Gasteiger partial charge >= 0.3 is 0 Å². The lowest BCUT2D eigenvalue weighted by Gasteiger charge is -2.12. The molecule has 0 aliphatic carbocycles. The second-order valence-electron chi connectivity index (χ2n) is 6.59. The van der Waals surface area contributed by atoms with Crippen molar-refractivity contribution in [3.63, 3.8) is 0 Å². The second-order valence-corrected chi connectivity index (χ2v) is 6.59. The molecule has 2 N–H and O–H groups in total.